The third-order valence-corrected chi connectivity index (χ3v) is 7.35. The molecule has 0 bridgehead atoms. The van der Waals surface area contributed by atoms with E-state index in [4.69, 9.17) is 10.2 Å². The van der Waals surface area contributed by atoms with Crippen molar-refractivity contribution in [1.29, 1.82) is 0 Å². The summed E-state index contributed by atoms with van der Waals surface area (Å²) in [5.41, 5.74) is 8.77. The Morgan fingerprint density at radius 3 is 2.62 bits per heavy atom. The van der Waals surface area contributed by atoms with Gasteiger partial charge in [0, 0.05) is 48.1 Å². The van der Waals surface area contributed by atoms with Crippen LogP contribution in [-0.4, -0.2) is 39.8 Å². The van der Waals surface area contributed by atoms with Crippen LogP contribution in [0.3, 0.4) is 0 Å². The normalized spacial score (nSPS) is 25.1. The van der Waals surface area contributed by atoms with Gasteiger partial charge in [0.05, 0.1) is 4.92 Å². The molecule has 9 heteroatoms. The number of nitro benzene ring substituents is 1. The van der Waals surface area contributed by atoms with Crippen molar-refractivity contribution >= 4 is 17.4 Å². The quantitative estimate of drug-likeness (QED) is 0.402. The minimum absolute atomic E-state index is 0.0344. The first-order valence-corrected chi connectivity index (χ1v) is 12.0. The Labute approximate surface area is 198 Å². The van der Waals surface area contributed by atoms with Crippen molar-refractivity contribution < 1.29 is 9.34 Å². The molecule has 5 rings (SSSR count). The van der Waals surface area contributed by atoms with Crippen LogP contribution in [0.1, 0.15) is 38.5 Å². The van der Waals surface area contributed by atoms with Gasteiger partial charge in [0.25, 0.3) is 5.69 Å². The van der Waals surface area contributed by atoms with Gasteiger partial charge in [-0.3, -0.25) is 10.1 Å². The van der Waals surface area contributed by atoms with Gasteiger partial charge in [-0.05, 0) is 55.9 Å². The van der Waals surface area contributed by atoms with E-state index in [1.54, 1.807) is 12.1 Å². The monoisotopic (exact) mass is 462 g/mol. The Kier molecular flexibility index (Phi) is 6.19. The van der Waals surface area contributed by atoms with Crippen LogP contribution in [0, 0.1) is 16.0 Å². The van der Waals surface area contributed by atoms with E-state index < -0.39 is 5.54 Å². The largest absolute Gasteiger partial charge is 0.403 e. The van der Waals surface area contributed by atoms with Crippen LogP contribution in [0.5, 0.6) is 0 Å². The van der Waals surface area contributed by atoms with Crippen molar-refractivity contribution in [3.8, 4) is 11.5 Å². The number of hydrogen-bond donors (Lipinski definition) is 2. The Morgan fingerprint density at radius 2 is 1.85 bits per heavy atom. The lowest BCUT2D eigenvalue weighted by atomic mass is 9.67. The number of anilines is 2. The first-order valence-electron chi connectivity index (χ1n) is 12.0. The van der Waals surface area contributed by atoms with E-state index in [1.807, 2.05) is 42.5 Å². The van der Waals surface area contributed by atoms with E-state index in [-0.39, 0.29) is 22.6 Å². The zero-order valence-electron chi connectivity index (χ0n) is 19.1. The molecule has 2 heterocycles. The van der Waals surface area contributed by atoms with Gasteiger partial charge in [0.1, 0.15) is 0 Å². The van der Waals surface area contributed by atoms with Crippen LogP contribution in [-0.2, 0) is 0 Å². The number of nitrogens with one attached hydrogen (secondary N) is 1. The summed E-state index contributed by atoms with van der Waals surface area (Å²) in [6.45, 7) is 1.75. The van der Waals surface area contributed by atoms with Gasteiger partial charge in [-0.1, -0.05) is 36.1 Å². The lowest BCUT2D eigenvalue weighted by molar-refractivity contribution is -0.384. The summed E-state index contributed by atoms with van der Waals surface area (Å²) in [5.74, 6) is 0.773. The highest BCUT2D eigenvalue weighted by molar-refractivity contribution is 5.53. The summed E-state index contributed by atoms with van der Waals surface area (Å²) >= 11 is 0. The van der Waals surface area contributed by atoms with Gasteiger partial charge >= 0.3 is 6.01 Å². The summed E-state index contributed by atoms with van der Waals surface area (Å²) < 4.78 is 5.92. The molecule has 3 aromatic rings. The molecule has 1 aromatic heterocycles. The molecule has 1 saturated heterocycles. The van der Waals surface area contributed by atoms with Crippen LogP contribution >= 0.6 is 0 Å². The summed E-state index contributed by atoms with van der Waals surface area (Å²) in [5, 5.41) is 22.9. The molecule has 0 amide bonds. The number of nitrogens with two attached hydrogens (primary N) is 1. The van der Waals surface area contributed by atoms with Crippen molar-refractivity contribution in [2.75, 3.05) is 23.3 Å². The highest BCUT2D eigenvalue weighted by atomic mass is 16.6. The molecular weight excluding hydrogens is 432 g/mol. The number of hydrogen-bond acceptors (Lipinski definition) is 8. The topological polar surface area (TPSA) is 123 Å². The van der Waals surface area contributed by atoms with Crippen LogP contribution in [0.15, 0.2) is 59.0 Å². The number of non-ortho nitro benzene ring substituents is 1. The molecular formula is C25H30N6O3. The Bertz CT molecular complexity index is 1120. The number of nitrogens with zero attached hydrogens (tertiary/aromatic N) is 4. The Hall–Kier alpha value is -3.46. The average molecular weight is 463 g/mol. The van der Waals surface area contributed by atoms with Gasteiger partial charge in [-0.15, -0.1) is 5.10 Å². The second kappa shape index (κ2) is 9.42. The molecule has 9 nitrogen and oxygen atoms in total. The predicted molar refractivity (Wildman–Crippen MR) is 131 cm³/mol. The first-order chi connectivity index (χ1) is 16.5. The maximum Gasteiger partial charge on any atom is 0.316 e. The van der Waals surface area contributed by atoms with Crippen molar-refractivity contribution in [2.24, 2.45) is 11.7 Å². The van der Waals surface area contributed by atoms with Crippen LogP contribution in [0.4, 0.5) is 17.4 Å². The molecule has 2 aliphatic rings. The summed E-state index contributed by atoms with van der Waals surface area (Å²) in [6, 6.07) is 17.0. The standard InChI is InChI=1S/C25H30N6O3/c26-25(19-9-6-16-30(17-19)20-11-13-21(14-12-20)31(32)33)15-5-4-10-22(25)27-24-29-28-23(34-24)18-7-2-1-3-8-18/h1-3,7-8,11-14,19,22H,4-6,9-10,15-17,26H2,(H,27,29)/t19-,22?,25?/m0/s1. The molecule has 2 unspecified atom stereocenters. The average Bonchev–Trinajstić information content (AvgIpc) is 3.35. The van der Waals surface area contributed by atoms with Crippen molar-refractivity contribution in [3.63, 3.8) is 0 Å². The SMILES string of the molecule is NC1([C@H]2CCCN(c3ccc([N+](=O)[O-])cc3)C2)CCCCC1Nc1nnc(-c2ccccc2)o1. The molecule has 1 aliphatic carbocycles. The fraction of sp³-hybridized carbons (Fsp3) is 0.440. The molecule has 1 saturated carbocycles. The zero-order chi connectivity index (χ0) is 23.5. The fourth-order valence-corrected chi connectivity index (χ4v) is 5.48. The van der Waals surface area contributed by atoms with Gasteiger partial charge in [0.2, 0.25) is 5.89 Å². The lowest BCUT2D eigenvalue weighted by Crippen LogP contribution is -2.63. The molecule has 178 valence electrons. The van der Waals surface area contributed by atoms with E-state index >= 15 is 0 Å². The summed E-state index contributed by atoms with van der Waals surface area (Å²) in [6.07, 6.45) is 6.18. The molecule has 2 fully saturated rings. The molecule has 2 aromatic carbocycles. The molecule has 0 spiro atoms. The number of rotatable bonds is 6. The third-order valence-electron chi connectivity index (χ3n) is 7.35. The van der Waals surface area contributed by atoms with Gasteiger partial charge < -0.3 is 20.4 Å². The molecule has 1 aliphatic heterocycles. The number of nitro groups is 1. The summed E-state index contributed by atoms with van der Waals surface area (Å²) in [4.78, 5) is 12.9. The Morgan fingerprint density at radius 1 is 1.06 bits per heavy atom. The molecule has 0 radical (unpaired) electrons. The highest BCUT2D eigenvalue weighted by Crippen LogP contribution is 2.39. The lowest BCUT2D eigenvalue weighted by Gasteiger charge is -2.50. The molecule has 3 N–H and O–H groups in total. The minimum atomic E-state index is -0.404. The predicted octanol–water partition coefficient (Wildman–Crippen LogP) is 4.61. The van der Waals surface area contributed by atoms with E-state index in [2.05, 4.69) is 20.4 Å². The summed E-state index contributed by atoms with van der Waals surface area (Å²) in [7, 11) is 0. The van der Waals surface area contributed by atoms with Gasteiger partial charge in [0.15, 0.2) is 0 Å². The van der Waals surface area contributed by atoms with Crippen molar-refractivity contribution in [2.45, 2.75) is 50.1 Å². The second-order valence-corrected chi connectivity index (χ2v) is 9.39. The fourth-order valence-electron chi connectivity index (χ4n) is 5.48. The second-order valence-electron chi connectivity index (χ2n) is 9.39. The smallest absolute Gasteiger partial charge is 0.316 e. The number of aromatic nitrogens is 2. The maximum absolute atomic E-state index is 11.0. The van der Waals surface area contributed by atoms with Crippen LogP contribution in [0.25, 0.3) is 11.5 Å². The van der Waals surface area contributed by atoms with Crippen molar-refractivity contribution in [1.82, 2.24) is 10.2 Å². The van der Waals surface area contributed by atoms with Crippen molar-refractivity contribution in [3.05, 3.63) is 64.7 Å². The number of piperidine rings is 1. The van der Waals surface area contributed by atoms with E-state index in [0.717, 1.165) is 62.9 Å². The number of benzene rings is 2. The zero-order valence-corrected chi connectivity index (χ0v) is 19.1. The molecule has 34 heavy (non-hydrogen) atoms. The van der Waals surface area contributed by atoms with Crippen LogP contribution < -0.4 is 16.0 Å². The van der Waals surface area contributed by atoms with E-state index in [0.29, 0.717) is 11.9 Å². The minimum Gasteiger partial charge on any atom is -0.403 e. The highest BCUT2D eigenvalue weighted by Gasteiger charge is 2.45. The maximum atomic E-state index is 11.0. The van der Waals surface area contributed by atoms with Gasteiger partial charge in [-0.25, -0.2) is 0 Å². The first kappa shape index (κ1) is 22.3. The van der Waals surface area contributed by atoms with E-state index in [9.17, 15) is 10.1 Å². The van der Waals surface area contributed by atoms with Gasteiger partial charge in [-0.2, -0.15) is 0 Å². The van der Waals surface area contributed by atoms with Crippen LogP contribution in [0.2, 0.25) is 0 Å². The third kappa shape index (κ3) is 4.48. The Balaban J connectivity index is 1.32. The molecule has 3 atom stereocenters. The van der Waals surface area contributed by atoms with E-state index in [1.165, 1.54) is 0 Å².